The molecule has 0 saturated carbocycles. The molecule has 0 radical (unpaired) electrons. The Labute approximate surface area is 167 Å². The first-order valence-corrected chi connectivity index (χ1v) is 9.09. The molecule has 0 aliphatic heterocycles. The first-order chi connectivity index (χ1) is 14.2. The highest BCUT2D eigenvalue weighted by Gasteiger charge is 2.16. The number of azo groups is 1. The van der Waals surface area contributed by atoms with Crippen LogP contribution in [0.5, 0.6) is 5.88 Å². The minimum Gasteiger partial charge on any atom is -0.493 e. The lowest BCUT2D eigenvalue weighted by Gasteiger charge is -2.07. The summed E-state index contributed by atoms with van der Waals surface area (Å²) in [5.74, 6) is 1.94. The molecular formula is C23H18N4O2. The standard InChI is InChI=1S/C23H18N4O2/c1-2-14-27-20-13-6-5-11-18(20)22(23(27)29)26-25-21(28)15-24-19-12-7-9-16-8-3-4-10-17(16)19/h1,3-13,24,29H,14-15H2. The maximum atomic E-state index is 12.3. The summed E-state index contributed by atoms with van der Waals surface area (Å²) in [6.07, 6.45) is 5.39. The molecule has 0 fully saturated rings. The summed E-state index contributed by atoms with van der Waals surface area (Å²) in [7, 11) is 0. The van der Waals surface area contributed by atoms with E-state index in [-0.39, 0.29) is 24.7 Å². The van der Waals surface area contributed by atoms with Crippen LogP contribution >= 0.6 is 0 Å². The highest BCUT2D eigenvalue weighted by molar-refractivity contribution is 5.96. The van der Waals surface area contributed by atoms with E-state index in [1.807, 2.05) is 60.7 Å². The van der Waals surface area contributed by atoms with Crippen molar-refractivity contribution in [1.29, 1.82) is 0 Å². The number of rotatable bonds is 5. The van der Waals surface area contributed by atoms with Gasteiger partial charge in [-0.15, -0.1) is 16.7 Å². The minimum atomic E-state index is -0.453. The molecule has 6 heteroatoms. The van der Waals surface area contributed by atoms with Gasteiger partial charge in [0, 0.05) is 16.5 Å². The highest BCUT2D eigenvalue weighted by Crippen LogP contribution is 2.38. The van der Waals surface area contributed by atoms with E-state index < -0.39 is 5.91 Å². The zero-order chi connectivity index (χ0) is 20.2. The molecule has 4 rings (SSSR count). The van der Waals surface area contributed by atoms with Crippen molar-refractivity contribution in [1.82, 2.24) is 4.57 Å². The van der Waals surface area contributed by atoms with Gasteiger partial charge in [0.15, 0.2) is 5.69 Å². The van der Waals surface area contributed by atoms with Gasteiger partial charge in [0.25, 0.3) is 5.91 Å². The Hall–Kier alpha value is -4.11. The third-order valence-electron chi connectivity index (χ3n) is 4.65. The zero-order valence-corrected chi connectivity index (χ0v) is 15.5. The van der Waals surface area contributed by atoms with Gasteiger partial charge in [0.1, 0.15) is 0 Å². The highest BCUT2D eigenvalue weighted by atomic mass is 16.3. The van der Waals surface area contributed by atoms with Crippen molar-refractivity contribution < 1.29 is 9.90 Å². The van der Waals surface area contributed by atoms with Crippen LogP contribution in [0.3, 0.4) is 0 Å². The Morgan fingerprint density at radius 1 is 1.03 bits per heavy atom. The zero-order valence-electron chi connectivity index (χ0n) is 15.5. The average molecular weight is 382 g/mol. The Morgan fingerprint density at radius 2 is 1.76 bits per heavy atom. The number of amides is 1. The van der Waals surface area contributed by atoms with E-state index in [9.17, 15) is 9.90 Å². The molecule has 0 bridgehead atoms. The van der Waals surface area contributed by atoms with E-state index in [1.54, 1.807) is 10.6 Å². The number of nitrogens with zero attached hydrogens (tertiary/aromatic N) is 3. The largest absolute Gasteiger partial charge is 0.493 e. The van der Waals surface area contributed by atoms with Gasteiger partial charge in [-0.2, -0.15) is 0 Å². The van der Waals surface area contributed by atoms with Crippen molar-refractivity contribution >= 4 is 39.0 Å². The van der Waals surface area contributed by atoms with Crippen molar-refractivity contribution in [3.05, 3.63) is 66.7 Å². The molecule has 29 heavy (non-hydrogen) atoms. The minimum absolute atomic E-state index is 0.0126. The van der Waals surface area contributed by atoms with Gasteiger partial charge in [0.05, 0.1) is 18.6 Å². The number of hydrogen-bond donors (Lipinski definition) is 2. The molecule has 0 unspecified atom stereocenters. The van der Waals surface area contributed by atoms with Crippen LogP contribution in [0.25, 0.3) is 21.7 Å². The Morgan fingerprint density at radius 3 is 2.59 bits per heavy atom. The van der Waals surface area contributed by atoms with Crippen LogP contribution in [-0.2, 0) is 11.3 Å². The predicted octanol–water partition coefficient (Wildman–Crippen LogP) is 4.86. The number of anilines is 1. The second kappa shape index (κ2) is 7.87. The average Bonchev–Trinajstić information content (AvgIpc) is 3.02. The summed E-state index contributed by atoms with van der Waals surface area (Å²) < 4.78 is 1.56. The number of aromatic nitrogens is 1. The molecule has 1 amide bonds. The van der Waals surface area contributed by atoms with Gasteiger partial charge in [0.2, 0.25) is 5.88 Å². The molecule has 0 aliphatic rings. The maximum Gasteiger partial charge on any atom is 0.283 e. The summed E-state index contributed by atoms with van der Waals surface area (Å²) in [6.45, 7) is 0.180. The second-order valence-electron chi connectivity index (χ2n) is 6.45. The van der Waals surface area contributed by atoms with Crippen molar-refractivity contribution in [2.75, 3.05) is 11.9 Å². The molecule has 1 aromatic heterocycles. The van der Waals surface area contributed by atoms with E-state index in [1.165, 1.54) is 0 Å². The molecule has 0 spiro atoms. The third kappa shape index (κ3) is 3.54. The quantitative estimate of drug-likeness (QED) is 0.382. The van der Waals surface area contributed by atoms with Crippen LogP contribution in [0.15, 0.2) is 77.0 Å². The number of benzene rings is 3. The van der Waals surface area contributed by atoms with Gasteiger partial charge in [-0.25, -0.2) is 0 Å². The lowest BCUT2D eigenvalue weighted by molar-refractivity contribution is -0.116. The molecule has 142 valence electrons. The smallest absolute Gasteiger partial charge is 0.283 e. The van der Waals surface area contributed by atoms with Gasteiger partial charge in [-0.1, -0.05) is 60.5 Å². The number of hydrogen-bond acceptors (Lipinski definition) is 4. The lowest BCUT2D eigenvalue weighted by atomic mass is 10.1. The fraction of sp³-hybridized carbons (Fsp3) is 0.0870. The molecule has 4 aromatic rings. The summed E-state index contributed by atoms with van der Waals surface area (Å²) in [5.41, 5.74) is 1.81. The normalized spacial score (nSPS) is 11.1. The first-order valence-electron chi connectivity index (χ1n) is 9.09. The van der Waals surface area contributed by atoms with Crippen LogP contribution in [0.4, 0.5) is 11.4 Å². The second-order valence-corrected chi connectivity index (χ2v) is 6.45. The van der Waals surface area contributed by atoms with Crippen LogP contribution < -0.4 is 5.32 Å². The number of aromatic hydroxyl groups is 1. The predicted molar refractivity (Wildman–Crippen MR) is 114 cm³/mol. The number of carbonyl (C=O) groups is 1. The summed E-state index contributed by atoms with van der Waals surface area (Å²) in [6, 6.07) is 21.1. The van der Waals surface area contributed by atoms with Gasteiger partial charge < -0.3 is 10.4 Å². The SMILES string of the molecule is C#CCn1c(O)c(N=NC(=O)CNc2cccc3ccccc23)c2ccccc21. The van der Waals surface area contributed by atoms with E-state index in [0.29, 0.717) is 5.39 Å². The monoisotopic (exact) mass is 382 g/mol. The van der Waals surface area contributed by atoms with Crippen LogP contribution in [0, 0.1) is 12.3 Å². The molecule has 0 aliphatic carbocycles. The summed E-state index contributed by atoms with van der Waals surface area (Å²) in [4.78, 5) is 12.3. The van der Waals surface area contributed by atoms with Crippen molar-refractivity contribution in [2.24, 2.45) is 10.2 Å². The van der Waals surface area contributed by atoms with Crippen molar-refractivity contribution in [3.63, 3.8) is 0 Å². The van der Waals surface area contributed by atoms with Crippen molar-refractivity contribution in [3.8, 4) is 18.2 Å². The summed E-state index contributed by atoms with van der Waals surface area (Å²) in [5, 5.41) is 24.1. The fourth-order valence-electron chi connectivity index (χ4n) is 3.31. The van der Waals surface area contributed by atoms with Crippen LogP contribution in [-0.4, -0.2) is 22.1 Å². The molecule has 0 atom stereocenters. The number of carbonyl (C=O) groups excluding carboxylic acids is 1. The maximum absolute atomic E-state index is 12.3. The van der Waals surface area contributed by atoms with Gasteiger partial charge >= 0.3 is 0 Å². The number of terminal acetylenes is 1. The molecule has 6 nitrogen and oxygen atoms in total. The van der Waals surface area contributed by atoms with Crippen LogP contribution in [0.2, 0.25) is 0 Å². The fourth-order valence-corrected chi connectivity index (χ4v) is 3.31. The Bertz CT molecular complexity index is 1280. The number of nitrogens with one attached hydrogen (secondary N) is 1. The number of para-hydroxylation sites is 1. The Kier molecular flexibility index (Phi) is 4.95. The van der Waals surface area contributed by atoms with E-state index in [0.717, 1.165) is 22.0 Å². The van der Waals surface area contributed by atoms with E-state index >= 15 is 0 Å². The van der Waals surface area contributed by atoms with Crippen molar-refractivity contribution in [2.45, 2.75) is 6.54 Å². The number of fused-ring (bicyclic) bond motifs is 2. The first kappa shape index (κ1) is 18.3. The molecule has 1 heterocycles. The van der Waals surface area contributed by atoms with E-state index in [2.05, 4.69) is 21.5 Å². The van der Waals surface area contributed by atoms with Crippen LogP contribution in [0.1, 0.15) is 0 Å². The summed E-state index contributed by atoms with van der Waals surface area (Å²) >= 11 is 0. The topological polar surface area (TPSA) is 79.0 Å². The lowest BCUT2D eigenvalue weighted by Crippen LogP contribution is -2.11. The molecule has 2 N–H and O–H groups in total. The molecule has 3 aromatic carbocycles. The van der Waals surface area contributed by atoms with Gasteiger partial charge in [-0.3, -0.25) is 9.36 Å². The third-order valence-corrected chi connectivity index (χ3v) is 4.65. The molecule has 0 saturated heterocycles. The van der Waals surface area contributed by atoms with Gasteiger partial charge in [-0.05, 0) is 17.5 Å². The Balaban J connectivity index is 1.55. The molecular weight excluding hydrogens is 364 g/mol. The van der Waals surface area contributed by atoms with E-state index in [4.69, 9.17) is 6.42 Å².